The van der Waals surface area contributed by atoms with E-state index < -0.39 is 0 Å². The van der Waals surface area contributed by atoms with Crippen LogP contribution in [0.3, 0.4) is 0 Å². The third-order valence-corrected chi connectivity index (χ3v) is 3.81. The molecular formula is C17H22FIN8. The molecule has 27 heavy (non-hydrogen) atoms. The Kier molecular flexibility index (Phi) is 7.70. The number of rotatable bonds is 6. The van der Waals surface area contributed by atoms with Crippen LogP contribution < -0.4 is 16.0 Å². The van der Waals surface area contributed by atoms with Gasteiger partial charge in [0, 0.05) is 33.7 Å². The molecule has 0 radical (unpaired) electrons. The summed E-state index contributed by atoms with van der Waals surface area (Å²) in [5, 5.41) is 14.7. The van der Waals surface area contributed by atoms with Gasteiger partial charge < -0.3 is 16.0 Å². The van der Waals surface area contributed by atoms with Crippen LogP contribution in [0.1, 0.15) is 5.56 Å². The minimum atomic E-state index is -0.247. The third kappa shape index (κ3) is 5.49. The average molecular weight is 484 g/mol. The quantitative estimate of drug-likeness (QED) is 0.214. The fourth-order valence-electron chi connectivity index (χ4n) is 2.52. The van der Waals surface area contributed by atoms with Crippen LogP contribution in [0.25, 0.3) is 11.0 Å². The lowest BCUT2D eigenvalue weighted by molar-refractivity contribution is 0.624. The Hall–Kier alpha value is -2.50. The Bertz CT molecular complexity index is 911. The van der Waals surface area contributed by atoms with Crippen molar-refractivity contribution < 1.29 is 4.39 Å². The van der Waals surface area contributed by atoms with Crippen LogP contribution in [0, 0.1) is 5.82 Å². The molecule has 0 saturated heterocycles. The monoisotopic (exact) mass is 484 g/mol. The van der Waals surface area contributed by atoms with Gasteiger partial charge in [-0.3, -0.25) is 9.67 Å². The standard InChI is InChI=1S/C17H21FN8.HI/c1-19-17(22-9-12-4-3-5-13(18)8-12)21-7-6-20-15-14-10-25-26(2)16(14)24-11-23-15;/h3-5,8,10-11H,6-7,9H2,1-2H3,(H2,19,21,22)(H,20,23,24);1H. The number of hydrogen-bond acceptors (Lipinski definition) is 5. The highest BCUT2D eigenvalue weighted by Crippen LogP contribution is 2.16. The highest BCUT2D eigenvalue weighted by Gasteiger charge is 2.07. The Morgan fingerprint density at radius 2 is 2.07 bits per heavy atom. The summed E-state index contributed by atoms with van der Waals surface area (Å²) in [6.45, 7) is 1.77. The number of halogens is 2. The summed E-state index contributed by atoms with van der Waals surface area (Å²) >= 11 is 0. The summed E-state index contributed by atoms with van der Waals surface area (Å²) in [4.78, 5) is 12.6. The topological polar surface area (TPSA) is 92.1 Å². The largest absolute Gasteiger partial charge is 0.368 e. The lowest BCUT2D eigenvalue weighted by atomic mass is 10.2. The van der Waals surface area contributed by atoms with Crippen molar-refractivity contribution in [2.24, 2.45) is 12.0 Å². The second kappa shape index (κ2) is 10.00. The van der Waals surface area contributed by atoms with Crippen molar-refractivity contribution in [1.29, 1.82) is 0 Å². The van der Waals surface area contributed by atoms with Gasteiger partial charge in [0.05, 0.1) is 11.6 Å². The zero-order chi connectivity index (χ0) is 18.4. The normalized spacial score (nSPS) is 11.1. The van der Waals surface area contributed by atoms with Gasteiger partial charge in [-0.05, 0) is 17.7 Å². The molecule has 2 aromatic heterocycles. The molecule has 144 valence electrons. The van der Waals surface area contributed by atoms with Crippen molar-refractivity contribution >= 4 is 46.8 Å². The number of benzene rings is 1. The van der Waals surface area contributed by atoms with Crippen molar-refractivity contribution in [1.82, 2.24) is 30.4 Å². The van der Waals surface area contributed by atoms with Gasteiger partial charge in [-0.15, -0.1) is 24.0 Å². The first-order chi connectivity index (χ1) is 12.7. The number of hydrogen-bond donors (Lipinski definition) is 3. The summed E-state index contributed by atoms with van der Waals surface area (Å²) < 4.78 is 14.9. The minimum absolute atomic E-state index is 0. The minimum Gasteiger partial charge on any atom is -0.368 e. The first kappa shape index (κ1) is 20.8. The number of nitrogens with one attached hydrogen (secondary N) is 3. The Morgan fingerprint density at radius 3 is 2.85 bits per heavy atom. The van der Waals surface area contributed by atoms with Gasteiger partial charge in [0.1, 0.15) is 18.0 Å². The summed E-state index contributed by atoms with van der Waals surface area (Å²) in [5.74, 6) is 1.14. The van der Waals surface area contributed by atoms with E-state index in [9.17, 15) is 4.39 Å². The second-order valence-corrected chi connectivity index (χ2v) is 5.64. The lowest BCUT2D eigenvalue weighted by Gasteiger charge is -2.13. The lowest BCUT2D eigenvalue weighted by Crippen LogP contribution is -2.39. The van der Waals surface area contributed by atoms with Crippen molar-refractivity contribution in [3.63, 3.8) is 0 Å². The third-order valence-electron chi connectivity index (χ3n) is 3.81. The molecule has 0 saturated carbocycles. The maximum atomic E-state index is 13.2. The van der Waals surface area contributed by atoms with E-state index in [2.05, 4.69) is 36.0 Å². The van der Waals surface area contributed by atoms with E-state index in [1.165, 1.54) is 18.5 Å². The SMILES string of the molecule is CN=C(NCCNc1ncnc2c1cnn2C)NCc1cccc(F)c1.I. The number of aromatic nitrogens is 4. The summed E-state index contributed by atoms with van der Waals surface area (Å²) in [5.41, 5.74) is 1.63. The highest BCUT2D eigenvalue weighted by atomic mass is 127. The zero-order valence-electron chi connectivity index (χ0n) is 15.1. The smallest absolute Gasteiger partial charge is 0.191 e. The van der Waals surface area contributed by atoms with Gasteiger partial charge >= 0.3 is 0 Å². The van der Waals surface area contributed by atoms with Gasteiger partial charge in [0.15, 0.2) is 11.6 Å². The molecule has 3 rings (SSSR count). The van der Waals surface area contributed by atoms with E-state index >= 15 is 0 Å². The average Bonchev–Trinajstić information content (AvgIpc) is 3.03. The second-order valence-electron chi connectivity index (χ2n) is 5.64. The molecule has 1 aromatic carbocycles. The van der Waals surface area contributed by atoms with Crippen LogP contribution in [-0.2, 0) is 13.6 Å². The van der Waals surface area contributed by atoms with E-state index in [0.717, 1.165) is 22.4 Å². The molecule has 3 aromatic rings. The van der Waals surface area contributed by atoms with Crippen LogP contribution in [0.15, 0.2) is 41.8 Å². The van der Waals surface area contributed by atoms with Crippen LogP contribution in [-0.4, -0.2) is 45.8 Å². The number of guanidine groups is 1. The van der Waals surface area contributed by atoms with E-state index in [1.807, 2.05) is 13.1 Å². The zero-order valence-corrected chi connectivity index (χ0v) is 17.4. The Morgan fingerprint density at radius 1 is 1.22 bits per heavy atom. The molecule has 0 aliphatic carbocycles. The van der Waals surface area contributed by atoms with Gasteiger partial charge in [-0.1, -0.05) is 12.1 Å². The van der Waals surface area contributed by atoms with Crippen molar-refractivity contribution in [3.8, 4) is 0 Å². The molecule has 0 aliphatic rings. The summed E-state index contributed by atoms with van der Waals surface area (Å²) in [7, 11) is 3.53. The summed E-state index contributed by atoms with van der Waals surface area (Å²) in [6, 6.07) is 6.47. The Labute approximate surface area is 173 Å². The van der Waals surface area contributed by atoms with Gasteiger partial charge in [-0.2, -0.15) is 5.10 Å². The van der Waals surface area contributed by atoms with E-state index in [4.69, 9.17) is 0 Å². The van der Waals surface area contributed by atoms with Crippen LogP contribution in [0.4, 0.5) is 10.2 Å². The first-order valence-corrected chi connectivity index (χ1v) is 8.23. The number of anilines is 1. The molecule has 8 nitrogen and oxygen atoms in total. The molecule has 0 unspecified atom stereocenters. The predicted molar refractivity (Wildman–Crippen MR) is 115 cm³/mol. The number of aryl methyl sites for hydroxylation is 1. The first-order valence-electron chi connectivity index (χ1n) is 8.23. The molecule has 2 heterocycles. The molecule has 0 spiro atoms. The molecule has 0 fully saturated rings. The van der Waals surface area contributed by atoms with E-state index in [1.54, 1.807) is 24.0 Å². The van der Waals surface area contributed by atoms with Crippen molar-refractivity contribution in [2.75, 3.05) is 25.5 Å². The van der Waals surface area contributed by atoms with Crippen molar-refractivity contribution in [2.45, 2.75) is 6.54 Å². The molecule has 3 N–H and O–H groups in total. The number of nitrogens with zero attached hydrogens (tertiary/aromatic N) is 5. The van der Waals surface area contributed by atoms with Gasteiger partial charge in [0.2, 0.25) is 0 Å². The van der Waals surface area contributed by atoms with Crippen LogP contribution in [0.2, 0.25) is 0 Å². The van der Waals surface area contributed by atoms with Crippen LogP contribution >= 0.6 is 24.0 Å². The van der Waals surface area contributed by atoms with Gasteiger partial charge in [0.25, 0.3) is 0 Å². The van der Waals surface area contributed by atoms with Crippen molar-refractivity contribution in [3.05, 3.63) is 48.2 Å². The van der Waals surface area contributed by atoms with Crippen LogP contribution in [0.5, 0.6) is 0 Å². The molecule has 0 aliphatic heterocycles. The molecule has 0 amide bonds. The highest BCUT2D eigenvalue weighted by molar-refractivity contribution is 14.0. The molecule has 0 atom stereocenters. The number of fused-ring (bicyclic) bond motifs is 1. The molecule has 0 bridgehead atoms. The maximum absolute atomic E-state index is 13.2. The predicted octanol–water partition coefficient (Wildman–Crippen LogP) is 1.90. The fourth-order valence-corrected chi connectivity index (χ4v) is 2.52. The molecular weight excluding hydrogens is 462 g/mol. The maximum Gasteiger partial charge on any atom is 0.191 e. The molecule has 10 heteroatoms. The van der Waals surface area contributed by atoms with E-state index in [0.29, 0.717) is 25.6 Å². The fraction of sp³-hybridized carbons (Fsp3) is 0.294. The van der Waals surface area contributed by atoms with Gasteiger partial charge in [-0.25, -0.2) is 14.4 Å². The number of aliphatic imine (C=N–C) groups is 1. The summed E-state index contributed by atoms with van der Waals surface area (Å²) in [6.07, 6.45) is 3.25. The Balaban J connectivity index is 0.00000261. The van der Waals surface area contributed by atoms with E-state index in [-0.39, 0.29) is 29.8 Å².